The van der Waals surface area contributed by atoms with Gasteiger partial charge in [0.2, 0.25) is 0 Å². The zero-order chi connectivity index (χ0) is 13.2. The van der Waals surface area contributed by atoms with Gasteiger partial charge in [0.1, 0.15) is 0 Å². The minimum absolute atomic E-state index is 0.499. The molecular weight excluding hydrogens is 226 g/mol. The normalized spacial score (nSPS) is 28.0. The van der Waals surface area contributed by atoms with Gasteiger partial charge in [0.25, 0.3) is 0 Å². The number of pyridine rings is 1. The molecule has 0 aromatic carbocycles. The van der Waals surface area contributed by atoms with Gasteiger partial charge in [0.05, 0.1) is 5.41 Å². The van der Waals surface area contributed by atoms with Crippen LogP contribution in [0.3, 0.4) is 0 Å². The van der Waals surface area contributed by atoms with E-state index in [2.05, 4.69) is 11.9 Å². The molecule has 2 unspecified atom stereocenters. The van der Waals surface area contributed by atoms with Gasteiger partial charge in [0.15, 0.2) is 0 Å². The number of nitrogens with zero attached hydrogens (tertiary/aromatic N) is 1. The lowest BCUT2D eigenvalue weighted by Crippen LogP contribution is -2.38. The van der Waals surface area contributed by atoms with Crippen molar-refractivity contribution in [3.05, 3.63) is 29.6 Å². The standard InChI is InChI=1S/C15H21NO2/c1-11-5-3-7-15(9-11,14(17)18)10-13-12(2)6-4-8-16-13/h4,6,8,11H,3,5,7,9-10H2,1-2H3,(H,17,18). The number of hydrogen-bond acceptors (Lipinski definition) is 2. The molecule has 0 aliphatic heterocycles. The molecule has 1 N–H and O–H groups in total. The zero-order valence-electron chi connectivity index (χ0n) is 11.1. The van der Waals surface area contributed by atoms with E-state index in [9.17, 15) is 9.90 Å². The summed E-state index contributed by atoms with van der Waals surface area (Å²) in [7, 11) is 0. The Morgan fingerprint density at radius 2 is 2.39 bits per heavy atom. The second-order valence-corrected chi connectivity index (χ2v) is 5.73. The minimum Gasteiger partial charge on any atom is -0.481 e. The average molecular weight is 247 g/mol. The zero-order valence-corrected chi connectivity index (χ0v) is 11.1. The van der Waals surface area contributed by atoms with E-state index in [1.54, 1.807) is 6.20 Å². The number of carboxylic acid groups (broad SMARTS) is 1. The van der Waals surface area contributed by atoms with Gasteiger partial charge < -0.3 is 5.11 Å². The predicted molar refractivity (Wildman–Crippen MR) is 70.4 cm³/mol. The van der Waals surface area contributed by atoms with Crippen LogP contribution in [0.15, 0.2) is 18.3 Å². The van der Waals surface area contributed by atoms with E-state index in [0.29, 0.717) is 12.3 Å². The molecule has 0 radical (unpaired) electrons. The van der Waals surface area contributed by atoms with Gasteiger partial charge in [-0.1, -0.05) is 25.8 Å². The fourth-order valence-electron chi connectivity index (χ4n) is 3.11. The second kappa shape index (κ2) is 5.09. The summed E-state index contributed by atoms with van der Waals surface area (Å²) in [5.41, 5.74) is 1.43. The number of aliphatic carboxylic acids is 1. The maximum Gasteiger partial charge on any atom is 0.310 e. The van der Waals surface area contributed by atoms with Gasteiger partial charge in [-0.2, -0.15) is 0 Å². The van der Waals surface area contributed by atoms with Crippen LogP contribution in [0, 0.1) is 18.3 Å². The number of hydrogen-bond donors (Lipinski definition) is 1. The Hall–Kier alpha value is -1.38. The van der Waals surface area contributed by atoms with Crippen LogP contribution in [0.25, 0.3) is 0 Å². The number of aromatic nitrogens is 1. The van der Waals surface area contributed by atoms with Gasteiger partial charge in [-0.05, 0) is 37.3 Å². The first-order valence-corrected chi connectivity index (χ1v) is 6.67. The highest BCUT2D eigenvalue weighted by molar-refractivity contribution is 5.75. The number of aryl methyl sites for hydroxylation is 1. The second-order valence-electron chi connectivity index (χ2n) is 5.73. The molecule has 0 spiro atoms. The molecule has 18 heavy (non-hydrogen) atoms. The minimum atomic E-state index is -0.654. The van der Waals surface area contributed by atoms with E-state index in [1.165, 1.54) is 0 Å². The Kier molecular flexibility index (Phi) is 3.69. The Balaban J connectivity index is 2.26. The molecule has 1 saturated carbocycles. The van der Waals surface area contributed by atoms with Crippen molar-refractivity contribution < 1.29 is 9.90 Å². The molecule has 0 bridgehead atoms. The molecule has 1 aromatic rings. The van der Waals surface area contributed by atoms with Gasteiger partial charge in [0, 0.05) is 18.3 Å². The Labute approximate surface area is 108 Å². The van der Waals surface area contributed by atoms with Crippen molar-refractivity contribution in [3.63, 3.8) is 0 Å². The van der Waals surface area contributed by atoms with Crippen LogP contribution in [-0.2, 0) is 11.2 Å². The highest BCUT2D eigenvalue weighted by Gasteiger charge is 2.42. The van der Waals surface area contributed by atoms with E-state index in [-0.39, 0.29) is 0 Å². The number of carbonyl (C=O) groups is 1. The Morgan fingerprint density at radius 1 is 1.61 bits per heavy atom. The van der Waals surface area contributed by atoms with Crippen LogP contribution in [-0.4, -0.2) is 16.1 Å². The summed E-state index contributed by atoms with van der Waals surface area (Å²) in [6.07, 6.45) is 6.04. The molecule has 1 aliphatic rings. The largest absolute Gasteiger partial charge is 0.481 e. The molecule has 2 atom stereocenters. The highest BCUT2D eigenvalue weighted by Crippen LogP contribution is 2.42. The summed E-state index contributed by atoms with van der Waals surface area (Å²) in [6.45, 7) is 4.16. The highest BCUT2D eigenvalue weighted by atomic mass is 16.4. The fourth-order valence-corrected chi connectivity index (χ4v) is 3.11. The van der Waals surface area contributed by atoms with Crippen molar-refractivity contribution in [2.45, 2.75) is 46.0 Å². The summed E-state index contributed by atoms with van der Waals surface area (Å²) in [5.74, 6) is -0.155. The first-order chi connectivity index (χ1) is 8.53. The smallest absolute Gasteiger partial charge is 0.310 e. The average Bonchev–Trinajstić information content (AvgIpc) is 2.32. The van der Waals surface area contributed by atoms with Gasteiger partial charge in [-0.25, -0.2) is 0 Å². The maximum atomic E-state index is 11.7. The molecule has 0 saturated heterocycles. The van der Waals surface area contributed by atoms with Crippen LogP contribution in [0.1, 0.15) is 43.9 Å². The molecule has 1 aromatic heterocycles. The van der Waals surface area contributed by atoms with Gasteiger partial charge in [-0.3, -0.25) is 9.78 Å². The van der Waals surface area contributed by atoms with Crippen LogP contribution >= 0.6 is 0 Å². The first kappa shape index (κ1) is 13.1. The first-order valence-electron chi connectivity index (χ1n) is 6.67. The van der Waals surface area contributed by atoms with Crippen LogP contribution in [0.2, 0.25) is 0 Å². The van der Waals surface area contributed by atoms with Crippen LogP contribution < -0.4 is 0 Å². The third kappa shape index (κ3) is 2.55. The van der Waals surface area contributed by atoms with Crippen molar-refractivity contribution in [2.24, 2.45) is 11.3 Å². The van der Waals surface area contributed by atoms with E-state index < -0.39 is 11.4 Å². The van der Waals surface area contributed by atoms with Gasteiger partial charge in [-0.15, -0.1) is 0 Å². The summed E-state index contributed by atoms with van der Waals surface area (Å²) in [5, 5.41) is 9.63. The predicted octanol–water partition coefficient (Wildman–Crippen LogP) is 3.21. The van der Waals surface area contributed by atoms with E-state index in [1.807, 2.05) is 19.1 Å². The Bertz CT molecular complexity index is 444. The third-order valence-corrected chi connectivity index (χ3v) is 4.17. The van der Waals surface area contributed by atoms with Crippen molar-refractivity contribution in [1.29, 1.82) is 0 Å². The molecule has 0 amide bonds. The monoisotopic (exact) mass is 247 g/mol. The summed E-state index contributed by atoms with van der Waals surface area (Å²) in [4.78, 5) is 16.1. The van der Waals surface area contributed by atoms with Crippen LogP contribution in [0.4, 0.5) is 0 Å². The molecule has 3 heteroatoms. The van der Waals surface area contributed by atoms with E-state index in [4.69, 9.17) is 0 Å². The van der Waals surface area contributed by atoms with Gasteiger partial charge >= 0.3 is 5.97 Å². The summed E-state index contributed by atoms with van der Waals surface area (Å²) < 4.78 is 0. The van der Waals surface area contributed by atoms with E-state index >= 15 is 0 Å². The lowest BCUT2D eigenvalue weighted by atomic mass is 9.67. The summed E-state index contributed by atoms with van der Waals surface area (Å²) in [6, 6.07) is 3.90. The van der Waals surface area contributed by atoms with Crippen molar-refractivity contribution in [3.8, 4) is 0 Å². The van der Waals surface area contributed by atoms with Crippen LogP contribution in [0.5, 0.6) is 0 Å². The molecule has 98 valence electrons. The topological polar surface area (TPSA) is 50.2 Å². The fraction of sp³-hybridized carbons (Fsp3) is 0.600. The molecule has 1 heterocycles. The molecule has 3 nitrogen and oxygen atoms in total. The maximum absolute atomic E-state index is 11.7. The molecular formula is C15H21NO2. The molecule has 2 rings (SSSR count). The summed E-state index contributed by atoms with van der Waals surface area (Å²) >= 11 is 0. The number of carboxylic acids is 1. The van der Waals surface area contributed by atoms with E-state index in [0.717, 1.165) is 36.9 Å². The Morgan fingerprint density at radius 3 is 3.00 bits per heavy atom. The lowest BCUT2D eigenvalue weighted by molar-refractivity contribution is -0.152. The molecule has 1 aliphatic carbocycles. The van der Waals surface area contributed by atoms with Crippen molar-refractivity contribution in [2.75, 3.05) is 0 Å². The SMILES string of the molecule is Cc1cccnc1CC1(C(=O)O)CCCC(C)C1. The lowest BCUT2D eigenvalue weighted by Gasteiger charge is -2.36. The quantitative estimate of drug-likeness (QED) is 0.892. The number of rotatable bonds is 3. The van der Waals surface area contributed by atoms with Crippen molar-refractivity contribution in [1.82, 2.24) is 4.98 Å². The molecule has 1 fully saturated rings. The third-order valence-electron chi connectivity index (χ3n) is 4.17. The van der Waals surface area contributed by atoms with Crippen molar-refractivity contribution >= 4 is 5.97 Å².